The van der Waals surface area contributed by atoms with Gasteiger partial charge < -0.3 is 15.2 Å². The molecule has 0 bridgehead atoms. The summed E-state index contributed by atoms with van der Waals surface area (Å²) in [5.41, 5.74) is 0.419. The summed E-state index contributed by atoms with van der Waals surface area (Å²) in [6.07, 6.45) is 0.681. The van der Waals surface area contributed by atoms with Gasteiger partial charge in [0.2, 0.25) is 0 Å². The van der Waals surface area contributed by atoms with Crippen molar-refractivity contribution in [3.8, 4) is 5.75 Å². The molecule has 5 heteroatoms. The number of hydrogen-bond acceptors (Lipinski definition) is 3. The number of carbonyl (C=O) groups is 2. The van der Waals surface area contributed by atoms with Crippen LogP contribution in [0.1, 0.15) is 37.6 Å². The lowest BCUT2D eigenvalue weighted by Crippen LogP contribution is -2.45. The van der Waals surface area contributed by atoms with Crippen molar-refractivity contribution < 1.29 is 19.4 Å². The molecular weight excluding hydrogens is 258 g/mol. The van der Waals surface area contributed by atoms with Gasteiger partial charge in [0.25, 0.3) is 5.91 Å². The summed E-state index contributed by atoms with van der Waals surface area (Å²) in [4.78, 5) is 23.2. The number of carbonyl (C=O) groups excluding carboxylic acids is 1. The van der Waals surface area contributed by atoms with Crippen molar-refractivity contribution in [2.45, 2.75) is 33.2 Å². The van der Waals surface area contributed by atoms with Gasteiger partial charge in [0, 0.05) is 5.56 Å². The molecule has 1 amide bonds. The summed E-state index contributed by atoms with van der Waals surface area (Å²) in [5, 5.41) is 11.7. The quantitative estimate of drug-likeness (QED) is 0.803. The minimum absolute atomic E-state index is 0.126. The van der Waals surface area contributed by atoms with E-state index in [2.05, 4.69) is 5.32 Å². The largest absolute Gasteiger partial charge is 0.494 e. The first-order valence-corrected chi connectivity index (χ1v) is 6.76. The Balaban J connectivity index is 2.76. The predicted octanol–water partition coefficient (Wildman–Crippen LogP) is 2.31. The van der Waals surface area contributed by atoms with E-state index in [9.17, 15) is 9.59 Å². The molecular formula is C15H21NO4. The average molecular weight is 279 g/mol. The number of benzene rings is 1. The summed E-state index contributed by atoms with van der Waals surface area (Å²) in [7, 11) is 0. The van der Waals surface area contributed by atoms with Gasteiger partial charge in [-0.05, 0) is 37.1 Å². The molecule has 0 saturated heterocycles. The van der Waals surface area contributed by atoms with E-state index in [1.54, 1.807) is 31.2 Å². The van der Waals surface area contributed by atoms with Crippen LogP contribution in [0.25, 0.3) is 0 Å². The molecule has 0 spiro atoms. The fourth-order valence-electron chi connectivity index (χ4n) is 1.78. The lowest BCUT2D eigenvalue weighted by atomic mass is 9.99. The van der Waals surface area contributed by atoms with Crippen LogP contribution >= 0.6 is 0 Å². The van der Waals surface area contributed by atoms with Gasteiger partial charge in [0.05, 0.1) is 6.61 Å². The summed E-state index contributed by atoms with van der Waals surface area (Å²) in [5.74, 6) is -0.848. The first-order valence-electron chi connectivity index (χ1n) is 6.76. The third-order valence-electron chi connectivity index (χ3n) is 3.19. The van der Waals surface area contributed by atoms with Gasteiger partial charge in [-0.3, -0.25) is 4.79 Å². The first kappa shape index (κ1) is 16.0. The van der Waals surface area contributed by atoms with Crippen molar-refractivity contribution in [1.82, 2.24) is 5.32 Å². The predicted molar refractivity (Wildman–Crippen MR) is 76.0 cm³/mol. The number of nitrogens with one attached hydrogen (secondary N) is 1. The van der Waals surface area contributed by atoms with Gasteiger partial charge in [0.1, 0.15) is 11.8 Å². The summed E-state index contributed by atoms with van der Waals surface area (Å²) in [6.45, 7) is 6.13. The van der Waals surface area contributed by atoms with E-state index in [1.165, 1.54) is 0 Å². The van der Waals surface area contributed by atoms with Crippen LogP contribution < -0.4 is 10.1 Å². The Morgan fingerprint density at radius 2 is 1.85 bits per heavy atom. The number of hydrogen-bond donors (Lipinski definition) is 2. The van der Waals surface area contributed by atoms with Crippen LogP contribution in [-0.4, -0.2) is 29.6 Å². The zero-order valence-electron chi connectivity index (χ0n) is 12.1. The van der Waals surface area contributed by atoms with Gasteiger partial charge in [-0.2, -0.15) is 0 Å². The Kier molecular flexibility index (Phi) is 6.03. The van der Waals surface area contributed by atoms with Gasteiger partial charge >= 0.3 is 5.97 Å². The van der Waals surface area contributed by atoms with Gasteiger partial charge in [-0.1, -0.05) is 20.3 Å². The Morgan fingerprint density at radius 3 is 2.30 bits per heavy atom. The minimum atomic E-state index is -1.02. The fraction of sp³-hybridized carbons (Fsp3) is 0.467. The topological polar surface area (TPSA) is 75.6 Å². The van der Waals surface area contributed by atoms with E-state index in [0.717, 1.165) is 0 Å². The van der Waals surface area contributed by atoms with Crippen LogP contribution in [0.2, 0.25) is 0 Å². The monoisotopic (exact) mass is 279 g/mol. The maximum atomic E-state index is 12.0. The summed E-state index contributed by atoms with van der Waals surface area (Å²) >= 11 is 0. The Hall–Kier alpha value is -2.04. The van der Waals surface area contributed by atoms with Crippen molar-refractivity contribution in [2.75, 3.05) is 6.61 Å². The van der Waals surface area contributed by atoms with Crippen LogP contribution in [0.15, 0.2) is 24.3 Å². The molecule has 0 heterocycles. The van der Waals surface area contributed by atoms with Crippen LogP contribution in [0.4, 0.5) is 0 Å². The molecule has 0 aliphatic rings. The number of amides is 1. The molecule has 0 aliphatic heterocycles. The van der Waals surface area contributed by atoms with Gasteiger partial charge in [0.15, 0.2) is 0 Å². The summed E-state index contributed by atoms with van der Waals surface area (Å²) < 4.78 is 5.29. The van der Waals surface area contributed by atoms with Crippen LogP contribution in [-0.2, 0) is 4.79 Å². The van der Waals surface area contributed by atoms with Gasteiger partial charge in [-0.15, -0.1) is 0 Å². The van der Waals surface area contributed by atoms with Gasteiger partial charge in [-0.25, -0.2) is 4.79 Å². The van der Waals surface area contributed by atoms with Crippen LogP contribution in [0.5, 0.6) is 5.75 Å². The molecule has 110 valence electrons. The molecule has 5 nitrogen and oxygen atoms in total. The van der Waals surface area contributed by atoms with E-state index in [4.69, 9.17) is 9.84 Å². The molecule has 1 rings (SSSR count). The molecule has 0 aromatic heterocycles. The molecule has 0 saturated carbocycles. The molecule has 0 radical (unpaired) electrons. The fourth-order valence-corrected chi connectivity index (χ4v) is 1.78. The first-order chi connectivity index (χ1) is 9.49. The number of carboxylic acids is 1. The van der Waals surface area contributed by atoms with Crippen molar-refractivity contribution in [3.05, 3.63) is 29.8 Å². The molecule has 20 heavy (non-hydrogen) atoms. The number of aliphatic carboxylic acids is 1. The number of carboxylic acid groups (broad SMARTS) is 1. The molecule has 0 aliphatic carbocycles. The highest BCUT2D eigenvalue weighted by Gasteiger charge is 2.25. The molecule has 2 atom stereocenters. The van der Waals surface area contributed by atoms with E-state index in [-0.39, 0.29) is 11.8 Å². The Bertz CT molecular complexity index is 455. The highest BCUT2D eigenvalue weighted by atomic mass is 16.5. The molecule has 1 aromatic carbocycles. The maximum absolute atomic E-state index is 12.0. The van der Waals surface area contributed by atoms with Crippen molar-refractivity contribution in [3.63, 3.8) is 0 Å². The van der Waals surface area contributed by atoms with Crippen LogP contribution in [0, 0.1) is 5.92 Å². The van der Waals surface area contributed by atoms with E-state index >= 15 is 0 Å². The zero-order valence-corrected chi connectivity index (χ0v) is 12.1. The smallest absolute Gasteiger partial charge is 0.326 e. The van der Waals surface area contributed by atoms with Crippen molar-refractivity contribution in [1.29, 1.82) is 0 Å². The third-order valence-corrected chi connectivity index (χ3v) is 3.19. The van der Waals surface area contributed by atoms with Crippen molar-refractivity contribution in [2.24, 2.45) is 5.92 Å². The SMILES string of the molecule is CCOc1ccc(C(=O)N[C@H](C(=O)O)C(C)CC)cc1. The zero-order chi connectivity index (χ0) is 15.1. The third kappa shape index (κ3) is 4.26. The standard InChI is InChI=1S/C15H21NO4/c1-4-10(3)13(15(18)19)16-14(17)11-6-8-12(9-7-11)20-5-2/h6-10,13H,4-5H2,1-3H3,(H,16,17)(H,18,19)/t10?,13-/m0/s1. The molecule has 2 N–H and O–H groups in total. The van der Waals surface area contributed by atoms with Crippen molar-refractivity contribution >= 4 is 11.9 Å². The average Bonchev–Trinajstić information content (AvgIpc) is 2.44. The molecule has 1 unspecified atom stereocenters. The maximum Gasteiger partial charge on any atom is 0.326 e. The second-order valence-electron chi connectivity index (χ2n) is 4.63. The van der Waals surface area contributed by atoms with Crippen LogP contribution in [0.3, 0.4) is 0 Å². The molecule has 1 aromatic rings. The summed E-state index contributed by atoms with van der Waals surface area (Å²) in [6, 6.07) is 5.75. The second-order valence-corrected chi connectivity index (χ2v) is 4.63. The normalized spacial score (nSPS) is 13.3. The van der Waals surface area contributed by atoms with E-state index in [0.29, 0.717) is 24.3 Å². The highest BCUT2D eigenvalue weighted by Crippen LogP contribution is 2.13. The number of ether oxygens (including phenoxy) is 1. The van der Waals surface area contributed by atoms with E-state index < -0.39 is 12.0 Å². The Labute approximate surface area is 118 Å². The molecule has 0 fully saturated rings. The highest BCUT2D eigenvalue weighted by molar-refractivity contribution is 5.96. The second kappa shape index (κ2) is 7.53. The lowest BCUT2D eigenvalue weighted by Gasteiger charge is -2.20. The Morgan fingerprint density at radius 1 is 1.25 bits per heavy atom. The minimum Gasteiger partial charge on any atom is -0.494 e. The number of rotatable bonds is 7. The van der Waals surface area contributed by atoms with E-state index in [1.807, 2.05) is 13.8 Å². The lowest BCUT2D eigenvalue weighted by molar-refractivity contribution is -0.140.